The Balaban J connectivity index is 1.38. The lowest BCUT2D eigenvalue weighted by Crippen LogP contribution is -2.43. The minimum absolute atomic E-state index is 0.123. The number of carbonyl (C=O) groups excluding carboxylic acids is 3. The van der Waals surface area contributed by atoms with Gasteiger partial charge in [-0.25, -0.2) is 4.79 Å². The van der Waals surface area contributed by atoms with Crippen LogP contribution in [0.5, 0.6) is 5.75 Å². The Morgan fingerprint density at radius 1 is 0.905 bits per heavy atom. The van der Waals surface area contributed by atoms with Gasteiger partial charge in [0.25, 0.3) is 0 Å². The van der Waals surface area contributed by atoms with E-state index in [-0.39, 0.29) is 11.7 Å². The van der Waals surface area contributed by atoms with Crippen LogP contribution < -0.4 is 10.1 Å². The number of nitrogens with one attached hydrogen (secondary N) is 1. The van der Waals surface area contributed by atoms with Gasteiger partial charge >= 0.3 is 5.97 Å². The van der Waals surface area contributed by atoms with E-state index in [4.69, 9.17) is 9.47 Å². The standard InChI is InChI=1S/C35H42N2O5/c1-3-12-33(38)37(28-15-8-5-9-16-28)23-24-42-29-21-19-26(20-22-29)25-32(35(40)41-2)36-31-18-11-10-17-30(31)34(39)27-13-6-4-7-14-27/h4,6-7,10-11,13-14,17-22,28,32,36H,3,5,8-9,12,15-16,23-25H2,1-2H3. The van der Waals surface area contributed by atoms with Gasteiger partial charge in [-0.15, -0.1) is 0 Å². The first-order valence-electron chi connectivity index (χ1n) is 15.0. The molecule has 0 heterocycles. The topological polar surface area (TPSA) is 84.9 Å². The maximum absolute atomic E-state index is 13.2. The van der Waals surface area contributed by atoms with Crippen LogP contribution in [0, 0.1) is 0 Å². The normalized spacial score (nSPS) is 14.0. The monoisotopic (exact) mass is 570 g/mol. The van der Waals surface area contributed by atoms with Crippen molar-refractivity contribution < 1.29 is 23.9 Å². The summed E-state index contributed by atoms with van der Waals surface area (Å²) < 4.78 is 11.1. The number of esters is 1. The molecule has 1 amide bonds. The Morgan fingerprint density at radius 3 is 2.29 bits per heavy atom. The summed E-state index contributed by atoms with van der Waals surface area (Å²) in [4.78, 5) is 40.7. The highest BCUT2D eigenvalue weighted by Crippen LogP contribution is 2.24. The number of benzene rings is 3. The number of amides is 1. The van der Waals surface area contributed by atoms with Crippen molar-refractivity contribution >= 4 is 23.3 Å². The number of hydrogen-bond donors (Lipinski definition) is 1. The molecule has 3 aromatic carbocycles. The molecule has 0 aliphatic heterocycles. The third kappa shape index (κ3) is 8.44. The van der Waals surface area contributed by atoms with Gasteiger partial charge in [0.1, 0.15) is 18.4 Å². The van der Waals surface area contributed by atoms with Crippen LogP contribution in [-0.2, 0) is 20.7 Å². The lowest BCUT2D eigenvalue weighted by Gasteiger charge is -2.34. The smallest absolute Gasteiger partial charge is 0.328 e. The zero-order valence-electron chi connectivity index (χ0n) is 24.7. The largest absolute Gasteiger partial charge is 0.492 e. The van der Waals surface area contributed by atoms with E-state index in [0.29, 0.717) is 54.6 Å². The number of rotatable bonds is 14. The summed E-state index contributed by atoms with van der Waals surface area (Å²) in [5.74, 6) is 0.391. The Hall–Kier alpha value is -4.13. The van der Waals surface area contributed by atoms with Crippen molar-refractivity contribution in [2.45, 2.75) is 70.4 Å². The lowest BCUT2D eigenvalue weighted by molar-refractivity contribution is -0.141. The van der Waals surface area contributed by atoms with Crippen LogP contribution in [0.2, 0.25) is 0 Å². The number of para-hydroxylation sites is 1. The predicted octanol–water partition coefficient (Wildman–Crippen LogP) is 6.45. The van der Waals surface area contributed by atoms with Crippen LogP contribution in [0.4, 0.5) is 5.69 Å². The number of hydrogen-bond acceptors (Lipinski definition) is 6. The molecule has 4 rings (SSSR count). The van der Waals surface area contributed by atoms with Crippen LogP contribution in [-0.4, -0.2) is 54.9 Å². The molecule has 0 radical (unpaired) electrons. The van der Waals surface area contributed by atoms with Gasteiger partial charge in [0.05, 0.1) is 13.7 Å². The molecule has 1 aliphatic carbocycles. The first-order chi connectivity index (χ1) is 20.5. The second-order valence-electron chi connectivity index (χ2n) is 10.8. The van der Waals surface area contributed by atoms with Crippen LogP contribution in [0.1, 0.15) is 73.4 Å². The van der Waals surface area contributed by atoms with E-state index in [1.807, 2.05) is 60.4 Å². The van der Waals surface area contributed by atoms with Gasteiger partial charge < -0.3 is 19.7 Å². The van der Waals surface area contributed by atoms with E-state index >= 15 is 0 Å². The predicted molar refractivity (Wildman–Crippen MR) is 165 cm³/mol. The second kappa shape index (κ2) is 15.8. The Kier molecular flexibility index (Phi) is 11.6. The van der Waals surface area contributed by atoms with Gasteiger partial charge in [-0.05, 0) is 49.1 Å². The van der Waals surface area contributed by atoms with Gasteiger partial charge in [-0.1, -0.05) is 80.8 Å². The minimum Gasteiger partial charge on any atom is -0.492 e. The van der Waals surface area contributed by atoms with Crippen molar-refractivity contribution in [2.75, 3.05) is 25.6 Å². The van der Waals surface area contributed by atoms with E-state index in [2.05, 4.69) is 5.32 Å². The number of carbonyl (C=O) groups is 3. The third-order valence-corrected chi connectivity index (χ3v) is 7.79. The molecule has 7 nitrogen and oxygen atoms in total. The number of ether oxygens (including phenoxy) is 2. The van der Waals surface area contributed by atoms with Crippen molar-refractivity contribution in [3.63, 3.8) is 0 Å². The van der Waals surface area contributed by atoms with Crippen molar-refractivity contribution in [1.82, 2.24) is 4.90 Å². The Morgan fingerprint density at radius 2 is 1.60 bits per heavy atom. The number of nitrogens with zero attached hydrogens (tertiary/aromatic N) is 1. The summed E-state index contributed by atoms with van der Waals surface area (Å²) in [7, 11) is 1.36. The second-order valence-corrected chi connectivity index (χ2v) is 10.8. The molecule has 1 unspecified atom stereocenters. The molecule has 1 saturated carbocycles. The quantitative estimate of drug-likeness (QED) is 0.177. The molecule has 222 valence electrons. The first-order valence-corrected chi connectivity index (χ1v) is 15.0. The molecule has 0 aromatic heterocycles. The Labute approximate surface area is 249 Å². The zero-order chi connectivity index (χ0) is 29.7. The summed E-state index contributed by atoms with van der Waals surface area (Å²) >= 11 is 0. The average molecular weight is 571 g/mol. The van der Waals surface area contributed by atoms with Crippen molar-refractivity contribution in [3.8, 4) is 5.75 Å². The number of anilines is 1. The van der Waals surface area contributed by atoms with E-state index in [9.17, 15) is 14.4 Å². The molecule has 3 aromatic rings. The lowest BCUT2D eigenvalue weighted by atomic mass is 9.94. The van der Waals surface area contributed by atoms with Crippen molar-refractivity contribution in [1.29, 1.82) is 0 Å². The summed E-state index contributed by atoms with van der Waals surface area (Å²) in [5.41, 5.74) is 2.55. The fraction of sp³-hybridized carbons (Fsp3) is 0.400. The van der Waals surface area contributed by atoms with Gasteiger partial charge in [0.2, 0.25) is 5.91 Å². The average Bonchev–Trinajstić information content (AvgIpc) is 3.04. The summed E-state index contributed by atoms with van der Waals surface area (Å²) in [6.45, 7) is 3.06. The van der Waals surface area contributed by atoms with E-state index < -0.39 is 12.0 Å². The molecule has 1 aliphatic rings. The molecule has 1 fully saturated rings. The van der Waals surface area contributed by atoms with Gasteiger partial charge in [0, 0.05) is 35.7 Å². The fourth-order valence-corrected chi connectivity index (χ4v) is 5.56. The molecule has 42 heavy (non-hydrogen) atoms. The minimum atomic E-state index is -0.694. The molecule has 0 spiro atoms. The summed E-state index contributed by atoms with van der Waals surface area (Å²) in [6, 6.07) is 23.5. The van der Waals surface area contributed by atoms with Crippen LogP contribution >= 0.6 is 0 Å². The number of ketones is 1. The molecule has 7 heteroatoms. The van der Waals surface area contributed by atoms with Crippen LogP contribution in [0.25, 0.3) is 0 Å². The summed E-state index contributed by atoms with van der Waals surface area (Å²) in [6.07, 6.45) is 7.54. The van der Waals surface area contributed by atoms with Crippen molar-refractivity contribution in [2.24, 2.45) is 0 Å². The highest BCUT2D eigenvalue weighted by molar-refractivity contribution is 6.12. The maximum Gasteiger partial charge on any atom is 0.328 e. The van der Waals surface area contributed by atoms with Crippen LogP contribution in [0.3, 0.4) is 0 Å². The fourth-order valence-electron chi connectivity index (χ4n) is 5.56. The molecular formula is C35H42N2O5. The third-order valence-electron chi connectivity index (χ3n) is 7.79. The highest BCUT2D eigenvalue weighted by Gasteiger charge is 2.25. The van der Waals surface area contributed by atoms with E-state index in [1.165, 1.54) is 26.4 Å². The molecule has 0 saturated heterocycles. The first kappa shape index (κ1) is 30.8. The molecule has 0 bridgehead atoms. The van der Waals surface area contributed by atoms with Crippen LogP contribution in [0.15, 0.2) is 78.9 Å². The van der Waals surface area contributed by atoms with Gasteiger partial charge in [-0.3, -0.25) is 9.59 Å². The Bertz CT molecular complexity index is 1300. The van der Waals surface area contributed by atoms with Gasteiger partial charge in [-0.2, -0.15) is 0 Å². The van der Waals surface area contributed by atoms with E-state index in [1.54, 1.807) is 30.3 Å². The molecule has 1 atom stereocenters. The van der Waals surface area contributed by atoms with Crippen molar-refractivity contribution in [3.05, 3.63) is 95.6 Å². The zero-order valence-corrected chi connectivity index (χ0v) is 24.7. The number of methoxy groups -OCH3 is 1. The van der Waals surface area contributed by atoms with E-state index in [0.717, 1.165) is 24.8 Å². The van der Waals surface area contributed by atoms with Gasteiger partial charge in [0.15, 0.2) is 5.78 Å². The maximum atomic E-state index is 13.2. The molecular weight excluding hydrogens is 528 g/mol. The highest BCUT2D eigenvalue weighted by atomic mass is 16.5. The SMILES string of the molecule is CCCC(=O)N(CCOc1ccc(CC(Nc2ccccc2C(=O)c2ccccc2)C(=O)OC)cc1)C1CCCCC1. The molecule has 1 N–H and O–H groups in total. The summed E-state index contributed by atoms with van der Waals surface area (Å²) in [5, 5.41) is 3.25.